The van der Waals surface area contributed by atoms with Crippen LogP contribution in [0, 0.1) is 24.1 Å². The molecule has 1 saturated carbocycles. The zero-order chi connectivity index (χ0) is 13.5. The second-order valence-corrected chi connectivity index (χ2v) is 5.82. The van der Waals surface area contributed by atoms with Gasteiger partial charge in [-0.1, -0.05) is 6.07 Å². The molecule has 2 N–H and O–H groups in total. The van der Waals surface area contributed by atoms with E-state index in [2.05, 4.69) is 10.6 Å². The van der Waals surface area contributed by atoms with Crippen molar-refractivity contribution in [1.29, 1.82) is 0 Å². The third-order valence-electron chi connectivity index (χ3n) is 4.56. The Morgan fingerprint density at radius 1 is 1.42 bits per heavy atom. The van der Waals surface area contributed by atoms with Gasteiger partial charge in [-0.2, -0.15) is 0 Å². The number of amides is 1. The van der Waals surface area contributed by atoms with E-state index in [0.29, 0.717) is 5.69 Å². The number of nitrogens with one attached hydrogen (secondary N) is 2. The third-order valence-corrected chi connectivity index (χ3v) is 4.56. The molecular formula is C15H19FN2O. The highest BCUT2D eigenvalue weighted by molar-refractivity contribution is 5.95. The van der Waals surface area contributed by atoms with Crippen molar-refractivity contribution < 1.29 is 9.18 Å². The fourth-order valence-corrected chi connectivity index (χ4v) is 3.14. The van der Waals surface area contributed by atoms with Gasteiger partial charge in [0, 0.05) is 11.6 Å². The van der Waals surface area contributed by atoms with Crippen LogP contribution in [0.5, 0.6) is 0 Å². The molecule has 0 radical (unpaired) electrons. The number of benzene rings is 1. The van der Waals surface area contributed by atoms with Crippen LogP contribution in [-0.4, -0.2) is 19.0 Å². The highest BCUT2D eigenvalue weighted by Crippen LogP contribution is 2.58. The van der Waals surface area contributed by atoms with Gasteiger partial charge in [0.25, 0.3) is 0 Å². The lowest BCUT2D eigenvalue weighted by Crippen LogP contribution is -2.31. The second-order valence-electron chi connectivity index (χ2n) is 5.82. The first-order valence-corrected chi connectivity index (χ1v) is 6.88. The monoisotopic (exact) mass is 262 g/mol. The predicted molar refractivity (Wildman–Crippen MR) is 72.4 cm³/mol. The lowest BCUT2D eigenvalue weighted by atomic mass is 9.91. The lowest BCUT2D eigenvalue weighted by molar-refractivity contribution is -0.118. The van der Waals surface area contributed by atoms with E-state index < -0.39 is 0 Å². The Labute approximate surface area is 112 Å². The van der Waals surface area contributed by atoms with E-state index in [1.807, 2.05) is 6.92 Å². The van der Waals surface area contributed by atoms with Crippen molar-refractivity contribution in [2.45, 2.75) is 26.2 Å². The smallest absolute Gasteiger partial charge is 0.228 e. The quantitative estimate of drug-likeness (QED) is 0.859. The van der Waals surface area contributed by atoms with Crippen LogP contribution in [0.15, 0.2) is 18.2 Å². The Hall–Kier alpha value is -1.42. The SMILES string of the molecule is Cc1ccc(F)cc1NC(=O)C1CC12CCNCC2. The van der Waals surface area contributed by atoms with E-state index in [4.69, 9.17) is 0 Å². The van der Waals surface area contributed by atoms with Gasteiger partial charge in [0.15, 0.2) is 0 Å². The van der Waals surface area contributed by atoms with Crippen LogP contribution in [0.2, 0.25) is 0 Å². The van der Waals surface area contributed by atoms with Crippen LogP contribution in [0.1, 0.15) is 24.8 Å². The Morgan fingerprint density at radius 3 is 2.89 bits per heavy atom. The van der Waals surface area contributed by atoms with Gasteiger partial charge in [-0.25, -0.2) is 4.39 Å². The standard InChI is InChI=1S/C15H19FN2O/c1-10-2-3-11(16)8-13(10)18-14(19)12-9-15(12)4-6-17-7-5-15/h2-3,8,12,17H,4-7,9H2,1H3,(H,18,19). The molecular weight excluding hydrogens is 243 g/mol. The number of rotatable bonds is 2. The third kappa shape index (κ3) is 2.37. The lowest BCUT2D eigenvalue weighted by Gasteiger charge is -2.23. The molecule has 0 aromatic heterocycles. The number of anilines is 1. The van der Waals surface area contributed by atoms with Crippen LogP contribution < -0.4 is 10.6 Å². The molecule has 1 aromatic rings. The molecule has 3 rings (SSSR count). The number of hydrogen-bond acceptors (Lipinski definition) is 2. The summed E-state index contributed by atoms with van der Waals surface area (Å²) in [5, 5.41) is 6.21. The first kappa shape index (κ1) is 12.6. The summed E-state index contributed by atoms with van der Waals surface area (Å²) in [4.78, 5) is 12.3. The molecule has 1 atom stereocenters. The largest absolute Gasteiger partial charge is 0.325 e. The van der Waals surface area contributed by atoms with Gasteiger partial charge in [0.05, 0.1) is 0 Å². The van der Waals surface area contributed by atoms with Gasteiger partial charge in [0.1, 0.15) is 5.82 Å². The molecule has 1 heterocycles. The average molecular weight is 262 g/mol. The maximum Gasteiger partial charge on any atom is 0.228 e. The van der Waals surface area contributed by atoms with Crippen molar-refractivity contribution in [2.75, 3.05) is 18.4 Å². The zero-order valence-corrected chi connectivity index (χ0v) is 11.1. The van der Waals surface area contributed by atoms with Crippen molar-refractivity contribution >= 4 is 11.6 Å². The number of hydrogen-bond donors (Lipinski definition) is 2. The Bertz CT molecular complexity index is 509. The highest BCUT2D eigenvalue weighted by atomic mass is 19.1. The van der Waals surface area contributed by atoms with Gasteiger partial charge in [-0.3, -0.25) is 4.79 Å². The Kier molecular flexibility index (Phi) is 3.05. The summed E-state index contributed by atoms with van der Waals surface area (Å²) in [5.74, 6) is -0.152. The molecule has 1 amide bonds. The van der Waals surface area contributed by atoms with E-state index >= 15 is 0 Å². The molecule has 1 saturated heterocycles. The fourth-order valence-electron chi connectivity index (χ4n) is 3.14. The number of carbonyl (C=O) groups is 1. The summed E-state index contributed by atoms with van der Waals surface area (Å²) >= 11 is 0. The molecule has 3 nitrogen and oxygen atoms in total. The maximum absolute atomic E-state index is 13.2. The molecule has 2 aliphatic rings. The van der Waals surface area contributed by atoms with E-state index in [-0.39, 0.29) is 23.1 Å². The molecule has 1 spiro atoms. The Balaban J connectivity index is 1.68. The average Bonchev–Trinajstić information content (AvgIpc) is 3.08. The first-order chi connectivity index (χ1) is 9.11. The molecule has 1 aliphatic carbocycles. The van der Waals surface area contributed by atoms with Crippen LogP contribution in [0.25, 0.3) is 0 Å². The van der Waals surface area contributed by atoms with Crippen molar-refractivity contribution in [3.05, 3.63) is 29.6 Å². The summed E-state index contributed by atoms with van der Waals surface area (Å²) in [6.07, 6.45) is 3.13. The summed E-state index contributed by atoms with van der Waals surface area (Å²) in [6.45, 7) is 3.88. The number of carbonyl (C=O) groups excluding carboxylic acids is 1. The Morgan fingerprint density at radius 2 is 2.16 bits per heavy atom. The number of aryl methyl sites for hydroxylation is 1. The van der Waals surface area contributed by atoms with Crippen LogP contribution >= 0.6 is 0 Å². The summed E-state index contributed by atoms with van der Waals surface area (Å²) < 4.78 is 13.2. The summed E-state index contributed by atoms with van der Waals surface area (Å²) in [7, 11) is 0. The van der Waals surface area contributed by atoms with Gasteiger partial charge >= 0.3 is 0 Å². The normalized spacial score (nSPS) is 24.2. The molecule has 4 heteroatoms. The van der Waals surface area contributed by atoms with Crippen molar-refractivity contribution in [3.63, 3.8) is 0 Å². The molecule has 1 aromatic carbocycles. The van der Waals surface area contributed by atoms with E-state index in [0.717, 1.165) is 37.9 Å². The molecule has 102 valence electrons. The van der Waals surface area contributed by atoms with Crippen molar-refractivity contribution in [3.8, 4) is 0 Å². The predicted octanol–water partition coefficient (Wildman–Crippen LogP) is 2.46. The topological polar surface area (TPSA) is 41.1 Å². The molecule has 2 fully saturated rings. The van der Waals surface area contributed by atoms with Gasteiger partial charge in [0.2, 0.25) is 5.91 Å². The molecule has 19 heavy (non-hydrogen) atoms. The fraction of sp³-hybridized carbons (Fsp3) is 0.533. The molecule has 1 aliphatic heterocycles. The minimum atomic E-state index is -0.312. The maximum atomic E-state index is 13.2. The number of piperidine rings is 1. The first-order valence-electron chi connectivity index (χ1n) is 6.88. The minimum absolute atomic E-state index is 0.0515. The molecule has 0 bridgehead atoms. The molecule has 1 unspecified atom stereocenters. The zero-order valence-electron chi connectivity index (χ0n) is 11.1. The van der Waals surface area contributed by atoms with Gasteiger partial charge in [-0.05, 0) is 62.4 Å². The summed E-state index contributed by atoms with van der Waals surface area (Å²) in [5.41, 5.74) is 1.71. The van der Waals surface area contributed by atoms with Gasteiger partial charge in [-0.15, -0.1) is 0 Å². The van der Waals surface area contributed by atoms with Gasteiger partial charge < -0.3 is 10.6 Å². The van der Waals surface area contributed by atoms with Crippen LogP contribution in [0.3, 0.4) is 0 Å². The van der Waals surface area contributed by atoms with E-state index in [9.17, 15) is 9.18 Å². The summed E-state index contributed by atoms with van der Waals surface area (Å²) in [6, 6.07) is 4.50. The highest BCUT2D eigenvalue weighted by Gasteiger charge is 2.57. The van der Waals surface area contributed by atoms with E-state index in [1.54, 1.807) is 6.07 Å². The second kappa shape index (κ2) is 4.60. The van der Waals surface area contributed by atoms with E-state index in [1.165, 1.54) is 12.1 Å². The van der Waals surface area contributed by atoms with Crippen molar-refractivity contribution in [1.82, 2.24) is 5.32 Å². The van der Waals surface area contributed by atoms with Crippen molar-refractivity contribution in [2.24, 2.45) is 11.3 Å². The minimum Gasteiger partial charge on any atom is -0.325 e. The number of halogens is 1. The van der Waals surface area contributed by atoms with Crippen LogP contribution in [0.4, 0.5) is 10.1 Å². The van der Waals surface area contributed by atoms with Crippen LogP contribution in [-0.2, 0) is 4.79 Å².